The first kappa shape index (κ1) is 16.0. The van der Waals surface area contributed by atoms with Crippen molar-refractivity contribution in [3.05, 3.63) is 26.7 Å². The topological polar surface area (TPSA) is 46.5 Å². The molecule has 1 aromatic carbocycles. The second-order valence-corrected chi connectivity index (χ2v) is 5.90. The molecule has 1 rings (SSSR count). The number of hydrogen-bond donors (Lipinski definition) is 1. The monoisotopic (exact) mass is 328 g/mol. The quantitative estimate of drug-likeness (QED) is 0.887. The zero-order valence-corrected chi connectivity index (χ0v) is 13.7. The van der Waals surface area contributed by atoms with E-state index in [4.69, 9.17) is 9.84 Å². The van der Waals surface area contributed by atoms with E-state index in [0.29, 0.717) is 6.42 Å². The van der Waals surface area contributed by atoms with Gasteiger partial charge in [-0.25, -0.2) is 0 Å². The number of methoxy groups -OCH3 is 1. The fraction of sp³-hybridized carbons (Fsp3) is 0.533. The van der Waals surface area contributed by atoms with E-state index in [0.717, 1.165) is 26.9 Å². The molecule has 1 N–H and O–H groups in total. The maximum Gasteiger partial charge on any atom is 0.303 e. The average molecular weight is 329 g/mol. The second kappa shape index (κ2) is 6.42. The summed E-state index contributed by atoms with van der Waals surface area (Å²) in [5, 5.41) is 8.87. The highest BCUT2D eigenvalue weighted by atomic mass is 79.9. The van der Waals surface area contributed by atoms with Crippen LogP contribution in [-0.4, -0.2) is 18.2 Å². The van der Waals surface area contributed by atoms with Crippen LogP contribution in [0.2, 0.25) is 0 Å². The smallest absolute Gasteiger partial charge is 0.303 e. The molecule has 19 heavy (non-hydrogen) atoms. The molecule has 1 unspecified atom stereocenters. The number of rotatable bonds is 5. The number of carboxylic acids is 1. The van der Waals surface area contributed by atoms with Gasteiger partial charge in [-0.05, 0) is 55.4 Å². The number of carbonyl (C=O) groups is 1. The molecule has 106 valence electrons. The fourth-order valence-electron chi connectivity index (χ4n) is 2.39. The summed E-state index contributed by atoms with van der Waals surface area (Å²) < 4.78 is 6.62. The lowest BCUT2D eigenvalue weighted by molar-refractivity contribution is -0.137. The number of ether oxygens (including phenoxy) is 1. The Kier molecular flexibility index (Phi) is 5.41. The normalized spacial score (nSPS) is 12.3. The fourth-order valence-corrected chi connectivity index (χ4v) is 2.92. The van der Waals surface area contributed by atoms with Gasteiger partial charge in [-0.2, -0.15) is 0 Å². The standard InChI is InChI=1S/C15H21BrO3/c1-8(7-13(17)18)6-12-11(4)14(16)9(2)10(3)15(12)19-5/h8H,6-7H2,1-5H3,(H,17,18). The summed E-state index contributed by atoms with van der Waals surface area (Å²) in [7, 11) is 1.67. The maximum absolute atomic E-state index is 10.8. The number of aliphatic carboxylic acids is 1. The van der Waals surface area contributed by atoms with Crippen molar-refractivity contribution in [3.8, 4) is 5.75 Å². The van der Waals surface area contributed by atoms with E-state index in [2.05, 4.69) is 22.9 Å². The summed E-state index contributed by atoms with van der Waals surface area (Å²) in [6, 6.07) is 0. The highest BCUT2D eigenvalue weighted by Gasteiger charge is 2.19. The predicted molar refractivity (Wildman–Crippen MR) is 80.0 cm³/mol. The SMILES string of the molecule is COc1c(C)c(C)c(Br)c(C)c1CC(C)CC(=O)O. The number of carboxylic acid groups (broad SMARTS) is 1. The van der Waals surface area contributed by atoms with E-state index in [9.17, 15) is 4.79 Å². The van der Waals surface area contributed by atoms with Gasteiger partial charge in [-0.1, -0.05) is 22.9 Å². The van der Waals surface area contributed by atoms with Gasteiger partial charge in [-0.3, -0.25) is 4.79 Å². The molecule has 3 nitrogen and oxygen atoms in total. The Hall–Kier alpha value is -1.03. The van der Waals surface area contributed by atoms with Crippen LogP contribution in [0.1, 0.15) is 35.6 Å². The van der Waals surface area contributed by atoms with Crippen molar-refractivity contribution >= 4 is 21.9 Å². The van der Waals surface area contributed by atoms with E-state index < -0.39 is 5.97 Å². The van der Waals surface area contributed by atoms with Crippen molar-refractivity contribution in [2.24, 2.45) is 5.92 Å². The molecule has 4 heteroatoms. The Balaban J connectivity index is 3.22. The van der Waals surface area contributed by atoms with Crippen LogP contribution < -0.4 is 4.74 Å². The molecule has 0 aromatic heterocycles. The lowest BCUT2D eigenvalue weighted by Crippen LogP contribution is -2.10. The Morgan fingerprint density at radius 2 is 1.84 bits per heavy atom. The van der Waals surface area contributed by atoms with Gasteiger partial charge in [0.05, 0.1) is 7.11 Å². The van der Waals surface area contributed by atoms with E-state index in [1.54, 1.807) is 7.11 Å². The molecule has 0 spiro atoms. The first-order chi connectivity index (χ1) is 8.79. The van der Waals surface area contributed by atoms with Crippen LogP contribution in [0.25, 0.3) is 0 Å². The maximum atomic E-state index is 10.8. The summed E-state index contributed by atoms with van der Waals surface area (Å²) in [6.07, 6.45) is 0.883. The molecule has 0 fully saturated rings. The van der Waals surface area contributed by atoms with Crippen molar-refractivity contribution in [1.29, 1.82) is 0 Å². The molecule has 0 saturated heterocycles. The van der Waals surface area contributed by atoms with Gasteiger partial charge in [0, 0.05) is 10.9 Å². The molecule has 0 aliphatic heterocycles. The van der Waals surface area contributed by atoms with Crippen LogP contribution in [0.5, 0.6) is 5.75 Å². The molecule has 1 atom stereocenters. The van der Waals surface area contributed by atoms with Crippen LogP contribution in [-0.2, 0) is 11.2 Å². The summed E-state index contributed by atoms with van der Waals surface area (Å²) in [5.41, 5.74) is 4.52. The largest absolute Gasteiger partial charge is 0.496 e. The van der Waals surface area contributed by atoms with Gasteiger partial charge in [0.25, 0.3) is 0 Å². The molecule has 0 saturated carbocycles. The van der Waals surface area contributed by atoms with Gasteiger partial charge in [0.2, 0.25) is 0 Å². The Morgan fingerprint density at radius 3 is 2.32 bits per heavy atom. The van der Waals surface area contributed by atoms with Crippen LogP contribution in [0.15, 0.2) is 4.47 Å². The van der Waals surface area contributed by atoms with Crippen molar-refractivity contribution < 1.29 is 14.6 Å². The molecule has 0 radical (unpaired) electrons. The third-order valence-electron chi connectivity index (χ3n) is 3.57. The van der Waals surface area contributed by atoms with Crippen molar-refractivity contribution in [3.63, 3.8) is 0 Å². The third-order valence-corrected chi connectivity index (χ3v) is 4.76. The number of benzene rings is 1. The lowest BCUT2D eigenvalue weighted by atomic mass is 9.91. The van der Waals surface area contributed by atoms with E-state index in [-0.39, 0.29) is 12.3 Å². The van der Waals surface area contributed by atoms with Crippen LogP contribution in [0.4, 0.5) is 0 Å². The Labute approximate surface area is 123 Å². The minimum atomic E-state index is -0.757. The zero-order valence-electron chi connectivity index (χ0n) is 12.1. The summed E-state index contributed by atoms with van der Waals surface area (Å²) in [6.45, 7) is 8.08. The van der Waals surface area contributed by atoms with E-state index in [1.165, 1.54) is 5.56 Å². The predicted octanol–water partition coefficient (Wildman–Crippen LogP) is 4.04. The first-order valence-electron chi connectivity index (χ1n) is 6.33. The van der Waals surface area contributed by atoms with Gasteiger partial charge >= 0.3 is 5.97 Å². The van der Waals surface area contributed by atoms with E-state index >= 15 is 0 Å². The Bertz CT molecular complexity index is 495. The average Bonchev–Trinajstić information content (AvgIpc) is 2.33. The van der Waals surface area contributed by atoms with Crippen LogP contribution in [0.3, 0.4) is 0 Å². The lowest BCUT2D eigenvalue weighted by Gasteiger charge is -2.20. The molecular weight excluding hydrogens is 308 g/mol. The van der Waals surface area contributed by atoms with Crippen LogP contribution in [0, 0.1) is 26.7 Å². The highest BCUT2D eigenvalue weighted by Crippen LogP contribution is 2.37. The molecular formula is C15H21BrO3. The molecule has 0 bridgehead atoms. The molecule has 1 aromatic rings. The summed E-state index contributed by atoms with van der Waals surface area (Å²) in [5.74, 6) is 0.210. The molecule has 0 amide bonds. The second-order valence-electron chi connectivity index (χ2n) is 5.11. The van der Waals surface area contributed by atoms with Gasteiger partial charge in [-0.15, -0.1) is 0 Å². The van der Waals surface area contributed by atoms with Gasteiger partial charge in [0.15, 0.2) is 0 Å². The van der Waals surface area contributed by atoms with Crippen molar-refractivity contribution in [2.75, 3.05) is 7.11 Å². The summed E-state index contributed by atoms with van der Waals surface area (Å²) in [4.78, 5) is 10.8. The summed E-state index contributed by atoms with van der Waals surface area (Å²) >= 11 is 3.61. The Morgan fingerprint density at radius 1 is 1.26 bits per heavy atom. The highest BCUT2D eigenvalue weighted by molar-refractivity contribution is 9.10. The van der Waals surface area contributed by atoms with Crippen molar-refractivity contribution in [1.82, 2.24) is 0 Å². The molecule has 0 heterocycles. The van der Waals surface area contributed by atoms with Crippen LogP contribution >= 0.6 is 15.9 Å². The zero-order chi connectivity index (χ0) is 14.7. The van der Waals surface area contributed by atoms with Gasteiger partial charge < -0.3 is 9.84 Å². The van der Waals surface area contributed by atoms with E-state index in [1.807, 2.05) is 20.8 Å². The van der Waals surface area contributed by atoms with Gasteiger partial charge in [0.1, 0.15) is 5.75 Å². The minimum absolute atomic E-state index is 0.0825. The van der Waals surface area contributed by atoms with Crippen molar-refractivity contribution in [2.45, 2.75) is 40.5 Å². The minimum Gasteiger partial charge on any atom is -0.496 e. The third kappa shape index (κ3) is 3.50. The molecule has 0 aliphatic rings. The number of halogens is 1. The number of hydrogen-bond acceptors (Lipinski definition) is 2. The first-order valence-corrected chi connectivity index (χ1v) is 7.12. The molecule has 0 aliphatic carbocycles.